The van der Waals surface area contributed by atoms with E-state index < -0.39 is 5.97 Å². The van der Waals surface area contributed by atoms with Crippen molar-refractivity contribution < 1.29 is 9.53 Å². The highest BCUT2D eigenvalue weighted by molar-refractivity contribution is 7.98. The van der Waals surface area contributed by atoms with Gasteiger partial charge < -0.3 is 10.5 Å². The first-order chi connectivity index (χ1) is 9.22. The molecule has 0 aliphatic rings. The lowest BCUT2D eigenvalue weighted by Gasteiger charge is -2.08. The molecule has 0 aliphatic carbocycles. The fourth-order valence-corrected chi connectivity index (χ4v) is 2.48. The number of hydrogen-bond acceptors (Lipinski definition) is 5. The Morgan fingerprint density at radius 1 is 1.32 bits per heavy atom. The zero-order valence-electron chi connectivity index (χ0n) is 10.5. The van der Waals surface area contributed by atoms with Crippen LogP contribution in [0.1, 0.15) is 15.9 Å². The molecule has 0 bridgehead atoms. The van der Waals surface area contributed by atoms with Crippen LogP contribution in [0.25, 0.3) is 0 Å². The Morgan fingerprint density at radius 3 is 2.74 bits per heavy atom. The number of ether oxygens (including phenoxy) is 1. The average molecular weight is 274 g/mol. The van der Waals surface area contributed by atoms with Crippen LogP contribution in [0.5, 0.6) is 0 Å². The maximum atomic E-state index is 11.5. The summed E-state index contributed by atoms with van der Waals surface area (Å²) in [6.45, 7) is 0. The van der Waals surface area contributed by atoms with E-state index in [1.54, 1.807) is 12.3 Å². The van der Waals surface area contributed by atoms with Gasteiger partial charge in [-0.15, -0.1) is 0 Å². The normalized spacial score (nSPS) is 10.2. The van der Waals surface area contributed by atoms with Gasteiger partial charge in [0.1, 0.15) is 5.03 Å². The molecular formula is C14H14N2O2S. The van der Waals surface area contributed by atoms with E-state index in [0.717, 1.165) is 5.75 Å². The molecule has 1 heterocycles. The van der Waals surface area contributed by atoms with E-state index in [4.69, 9.17) is 5.73 Å². The number of carbonyl (C=O) groups excluding carboxylic acids is 1. The minimum Gasteiger partial charge on any atom is -0.465 e. The molecule has 0 aliphatic heterocycles. The number of hydrogen-bond donors (Lipinski definition) is 1. The van der Waals surface area contributed by atoms with Crippen molar-refractivity contribution in [3.63, 3.8) is 0 Å². The largest absolute Gasteiger partial charge is 0.465 e. The molecule has 2 rings (SSSR count). The first kappa shape index (κ1) is 13.4. The smallest absolute Gasteiger partial charge is 0.340 e. The molecule has 0 saturated heterocycles. The van der Waals surface area contributed by atoms with Gasteiger partial charge in [0.15, 0.2) is 0 Å². The fourth-order valence-electron chi connectivity index (χ4n) is 1.58. The predicted molar refractivity (Wildman–Crippen MR) is 76.0 cm³/mol. The first-order valence-electron chi connectivity index (χ1n) is 5.72. The van der Waals surface area contributed by atoms with Crippen LogP contribution in [0, 0.1) is 0 Å². The quantitative estimate of drug-likeness (QED) is 0.686. The fraction of sp³-hybridized carbons (Fsp3) is 0.143. The number of rotatable bonds is 4. The van der Waals surface area contributed by atoms with Gasteiger partial charge in [0.2, 0.25) is 0 Å². The molecule has 5 heteroatoms. The summed E-state index contributed by atoms with van der Waals surface area (Å²) in [5.41, 5.74) is 7.84. The van der Waals surface area contributed by atoms with Crippen LogP contribution < -0.4 is 5.73 Å². The highest BCUT2D eigenvalue weighted by atomic mass is 32.2. The minimum atomic E-state index is -0.443. The van der Waals surface area contributed by atoms with Crippen LogP contribution >= 0.6 is 11.8 Å². The Morgan fingerprint density at radius 2 is 2.05 bits per heavy atom. The average Bonchev–Trinajstić information content (AvgIpc) is 2.46. The third-order valence-electron chi connectivity index (χ3n) is 2.58. The van der Waals surface area contributed by atoms with Gasteiger partial charge in [-0.05, 0) is 11.6 Å². The van der Waals surface area contributed by atoms with Crippen LogP contribution in [0.15, 0.2) is 47.6 Å². The van der Waals surface area contributed by atoms with Gasteiger partial charge in [-0.1, -0.05) is 42.1 Å². The molecule has 0 atom stereocenters. The molecule has 0 spiro atoms. The second-order valence-corrected chi connectivity index (χ2v) is 4.81. The molecule has 2 aromatic rings. The SMILES string of the molecule is COC(=O)c1ccnc(SCc2ccccc2)c1N. The summed E-state index contributed by atoms with van der Waals surface area (Å²) in [5, 5.41) is 0.645. The van der Waals surface area contributed by atoms with E-state index in [1.807, 2.05) is 30.3 Å². The van der Waals surface area contributed by atoms with Crippen LogP contribution in [0.3, 0.4) is 0 Å². The molecule has 19 heavy (non-hydrogen) atoms. The summed E-state index contributed by atoms with van der Waals surface area (Å²) in [7, 11) is 1.33. The number of pyridine rings is 1. The Labute approximate surface area is 116 Å². The predicted octanol–water partition coefficient (Wildman–Crippen LogP) is 2.74. The van der Waals surface area contributed by atoms with Crippen LogP contribution in [0.4, 0.5) is 5.69 Å². The van der Waals surface area contributed by atoms with E-state index in [0.29, 0.717) is 16.3 Å². The monoisotopic (exact) mass is 274 g/mol. The lowest BCUT2D eigenvalue weighted by molar-refractivity contribution is 0.0601. The van der Waals surface area contributed by atoms with Crippen molar-refractivity contribution in [2.45, 2.75) is 10.8 Å². The maximum Gasteiger partial charge on any atom is 0.340 e. The topological polar surface area (TPSA) is 65.2 Å². The molecule has 0 saturated carbocycles. The highest BCUT2D eigenvalue weighted by Gasteiger charge is 2.14. The second-order valence-electron chi connectivity index (χ2n) is 3.84. The van der Waals surface area contributed by atoms with E-state index in [1.165, 1.54) is 24.4 Å². The molecule has 98 valence electrons. The van der Waals surface area contributed by atoms with Crippen molar-refractivity contribution in [1.82, 2.24) is 4.98 Å². The summed E-state index contributed by atoms with van der Waals surface area (Å²) in [5.74, 6) is 0.310. The number of nitrogens with zero attached hydrogens (tertiary/aromatic N) is 1. The summed E-state index contributed by atoms with van der Waals surface area (Å²) >= 11 is 1.50. The summed E-state index contributed by atoms with van der Waals surface area (Å²) in [6.07, 6.45) is 1.57. The highest BCUT2D eigenvalue weighted by Crippen LogP contribution is 2.28. The van der Waals surface area contributed by atoms with Gasteiger partial charge in [-0.3, -0.25) is 0 Å². The van der Waals surface area contributed by atoms with Crippen molar-refractivity contribution in [2.24, 2.45) is 0 Å². The number of methoxy groups -OCH3 is 1. The Bertz CT molecular complexity index is 573. The second kappa shape index (κ2) is 6.24. The number of nitrogens with two attached hydrogens (primary N) is 1. The number of carbonyl (C=O) groups is 1. The number of benzene rings is 1. The van der Waals surface area contributed by atoms with Crippen LogP contribution in [-0.4, -0.2) is 18.1 Å². The van der Waals surface area contributed by atoms with Gasteiger partial charge in [0, 0.05) is 11.9 Å². The molecular weight excluding hydrogens is 260 g/mol. The lowest BCUT2D eigenvalue weighted by atomic mass is 10.2. The van der Waals surface area contributed by atoms with Crippen molar-refractivity contribution in [3.8, 4) is 0 Å². The van der Waals surface area contributed by atoms with E-state index >= 15 is 0 Å². The third kappa shape index (κ3) is 3.26. The van der Waals surface area contributed by atoms with Gasteiger partial charge in [-0.25, -0.2) is 9.78 Å². The number of esters is 1. The summed E-state index contributed by atoms with van der Waals surface area (Å²) in [4.78, 5) is 15.7. The number of anilines is 1. The van der Waals surface area contributed by atoms with Gasteiger partial charge in [0.05, 0.1) is 18.4 Å². The van der Waals surface area contributed by atoms with Crippen molar-refractivity contribution in [3.05, 3.63) is 53.7 Å². The maximum absolute atomic E-state index is 11.5. The number of thioether (sulfide) groups is 1. The summed E-state index contributed by atoms with van der Waals surface area (Å²) in [6, 6.07) is 11.6. The van der Waals surface area contributed by atoms with Gasteiger partial charge >= 0.3 is 5.97 Å². The molecule has 0 fully saturated rings. The Kier molecular flexibility index (Phi) is 4.41. The molecule has 2 N–H and O–H groups in total. The van der Waals surface area contributed by atoms with E-state index in [2.05, 4.69) is 9.72 Å². The third-order valence-corrected chi connectivity index (χ3v) is 3.65. The molecule has 1 aromatic carbocycles. The number of aromatic nitrogens is 1. The molecule has 1 aromatic heterocycles. The Hall–Kier alpha value is -2.01. The van der Waals surface area contributed by atoms with E-state index in [-0.39, 0.29) is 0 Å². The first-order valence-corrected chi connectivity index (χ1v) is 6.70. The van der Waals surface area contributed by atoms with Gasteiger partial charge in [-0.2, -0.15) is 0 Å². The molecule has 0 radical (unpaired) electrons. The molecule has 4 nitrogen and oxygen atoms in total. The zero-order valence-corrected chi connectivity index (χ0v) is 11.3. The number of nitrogen functional groups attached to an aromatic ring is 1. The molecule has 0 unspecified atom stereocenters. The van der Waals surface area contributed by atoms with Crippen LogP contribution in [0.2, 0.25) is 0 Å². The lowest BCUT2D eigenvalue weighted by Crippen LogP contribution is -2.07. The van der Waals surface area contributed by atoms with Crippen LogP contribution in [-0.2, 0) is 10.5 Å². The van der Waals surface area contributed by atoms with Crippen molar-refractivity contribution in [1.29, 1.82) is 0 Å². The van der Waals surface area contributed by atoms with E-state index in [9.17, 15) is 4.79 Å². The standard InChI is InChI=1S/C14H14N2O2S/c1-18-14(17)11-7-8-16-13(12(11)15)19-9-10-5-3-2-4-6-10/h2-8H,9,15H2,1H3. The zero-order chi connectivity index (χ0) is 13.7. The van der Waals surface area contributed by atoms with Crippen molar-refractivity contribution in [2.75, 3.05) is 12.8 Å². The van der Waals surface area contributed by atoms with Gasteiger partial charge in [0.25, 0.3) is 0 Å². The Balaban J connectivity index is 2.15. The van der Waals surface area contributed by atoms with Crippen molar-refractivity contribution >= 4 is 23.4 Å². The minimum absolute atomic E-state index is 0.355. The molecule has 0 amide bonds. The summed E-state index contributed by atoms with van der Waals surface area (Å²) < 4.78 is 4.68.